The highest BCUT2D eigenvalue weighted by Crippen LogP contribution is 2.32. The number of carbonyl (C=O) groups excluding carboxylic acids is 2. The molecule has 36 heavy (non-hydrogen) atoms. The van der Waals surface area contributed by atoms with E-state index in [9.17, 15) is 14.0 Å². The number of rotatable bonds is 5. The van der Waals surface area contributed by atoms with Crippen LogP contribution in [0.5, 0.6) is 5.75 Å². The van der Waals surface area contributed by atoms with Crippen LogP contribution in [0.1, 0.15) is 36.0 Å². The first-order valence-corrected chi connectivity index (χ1v) is 12.1. The van der Waals surface area contributed by atoms with Gasteiger partial charge >= 0.3 is 0 Å². The highest BCUT2D eigenvalue weighted by atomic mass is 19.1. The maximum atomic E-state index is 13.5. The average Bonchev–Trinajstić information content (AvgIpc) is 3.20. The number of nitrogens with two attached hydrogens (primary N) is 1. The van der Waals surface area contributed by atoms with Crippen molar-refractivity contribution in [3.63, 3.8) is 0 Å². The molecule has 0 radical (unpaired) electrons. The van der Waals surface area contributed by atoms with Crippen LogP contribution in [0.25, 0.3) is 5.65 Å². The molecule has 2 aliphatic rings. The van der Waals surface area contributed by atoms with E-state index in [1.165, 1.54) is 6.20 Å². The third-order valence-corrected chi connectivity index (χ3v) is 6.86. The molecule has 2 fully saturated rings. The third kappa shape index (κ3) is 4.94. The molecule has 0 unspecified atom stereocenters. The number of nitrogen functional groups attached to an aromatic ring is 1. The molecule has 3 aromatic heterocycles. The number of likely N-dealkylation sites (N-methyl/N-ethyl adjacent to an activating group) is 1. The van der Waals surface area contributed by atoms with Gasteiger partial charge in [0.1, 0.15) is 17.0 Å². The van der Waals surface area contributed by atoms with E-state index in [4.69, 9.17) is 10.5 Å². The molecule has 3 N–H and O–H groups in total. The van der Waals surface area contributed by atoms with E-state index in [2.05, 4.69) is 32.3 Å². The quantitative estimate of drug-likeness (QED) is 0.547. The Morgan fingerprint density at radius 2 is 1.89 bits per heavy atom. The molecule has 1 saturated carbocycles. The van der Waals surface area contributed by atoms with Crippen LogP contribution in [-0.4, -0.2) is 80.5 Å². The SMILES string of the molecule is CN1CCN(C(=O)[C@H]2CC[C@H](Oc3ccncc3NC(=O)c3c(N)nn4cc(F)cnc34)CC2)CC1. The van der Waals surface area contributed by atoms with E-state index in [-0.39, 0.29) is 35.0 Å². The van der Waals surface area contributed by atoms with Crippen LogP contribution in [0.4, 0.5) is 15.9 Å². The molecule has 1 saturated heterocycles. The normalized spacial score (nSPS) is 20.9. The molecule has 0 bridgehead atoms. The van der Waals surface area contributed by atoms with Gasteiger partial charge in [0.15, 0.2) is 17.3 Å². The maximum absolute atomic E-state index is 13.5. The maximum Gasteiger partial charge on any atom is 0.263 e. The monoisotopic (exact) mass is 496 g/mol. The van der Waals surface area contributed by atoms with Crippen LogP contribution < -0.4 is 15.8 Å². The summed E-state index contributed by atoms with van der Waals surface area (Å²) in [6, 6.07) is 1.68. The second kappa shape index (κ2) is 10.1. The summed E-state index contributed by atoms with van der Waals surface area (Å²) < 4.78 is 20.8. The van der Waals surface area contributed by atoms with E-state index < -0.39 is 11.7 Å². The van der Waals surface area contributed by atoms with Gasteiger partial charge in [0.25, 0.3) is 5.91 Å². The first-order chi connectivity index (χ1) is 17.4. The summed E-state index contributed by atoms with van der Waals surface area (Å²) in [5.74, 6) is -0.471. The molecule has 190 valence electrons. The van der Waals surface area contributed by atoms with Crippen molar-refractivity contribution < 1.29 is 18.7 Å². The lowest BCUT2D eigenvalue weighted by atomic mass is 9.86. The third-order valence-electron chi connectivity index (χ3n) is 6.86. The van der Waals surface area contributed by atoms with E-state index in [0.717, 1.165) is 68.8 Å². The Labute approximate surface area is 207 Å². The minimum Gasteiger partial charge on any atom is -0.488 e. The number of ether oxygens (including phenoxy) is 1. The first kappa shape index (κ1) is 23.9. The second-order valence-electron chi connectivity index (χ2n) is 9.35. The molecule has 2 amide bonds. The Hall–Kier alpha value is -3.80. The Kier molecular flexibility index (Phi) is 6.68. The predicted octanol–water partition coefficient (Wildman–Crippen LogP) is 1.81. The summed E-state index contributed by atoms with van der Waals surface area (Å²) >= 11 is 0. The number of fused-ring (bicyclic) bond motifs is 1. The molecule has 5 rings (SSSR count). The van der Waals surface area contributed by atoms with Crippen LogP contribution >= 0.6 is 0 Å². The molecule has 1 aliphatic carbocycles. The lowest BCUT2D eigenvalue weighted by molar-refractivity contribution is -0.138. The van der Waals surface area contributed by atoms with Gasteiger partial charge < -0.3 is 25.6 Å². The Bertz CT molecular complexity index is 1270. The highest BCUT2D eigenvalue weighted by Gasteiger charge is 2.32. The minimum atomic E-state index is -0.597. The predicted molar refractivity (Wildman–Crippen MR) is 130 cm³/mol. The van der Waals surface area contributed by atoms with Gasteiger partial charge in [-0.15, -0.1) is 5.10 Å². The number of carbonyl (C=O) groups is 2. The van der Waals surface area contributed by atoms with Gasteiger partial charge in [0.05, 0.1) is 24.7 Å². The van der Waals surface area contributed by atoms with Gasteiger partial charge in [-0.2, -0.15) is 0 Å². The molecule has 0 aromatic carbocycles. The molecule has 0 atom stereocenters. The van der Waals surface area contributed by atoms with Crippen molar-refractivity contribution in [1.82, 2.24) is 29.4 Å². The standard InChI is InChI=1S/C24H29FN8O3/c1-31-8-10-32(11-9-31)24(35)15-2-4-17(5-3-15)36-19-6-7-27-13-18(19)29-23(34)20-21(26)30-33-14-16(25)12-28-22(20)33/h6-7,12-15,17H,2-5,8-11H2,1H3,(H2,26,30)(H,29,34)/t15-,17-. The molecule has 3 aromatic rings. The molecule has 12 heteroatoms. The van der Waals surface area contributed by atoms with E-state index in [0.29, 0.717) is 11.4 Å². The zero-order valence-corrected chi connectivity index (χ0v) is 20.1. The van der Waals surface area contributed by atoms with Crippen LogP contribution in [0.2, 0.25) is 0 Å². The fraction of sp³-hybridized carbons (Fsp3) is 0.458. The molecule has 4 heterocycles. The summed E-state index contributed by atoms with van der Waals surface area (Å²) in [4.78, 5) is 38.2. The smallest absolute Gasteiger partial charge is 0.263 e. The van der Waals surface area contributed by atoms with Crippen LogP contribution in [-0.2, 0) is 4.79 Å². The summed E-state index contributed by atoms with van der Waals surface area (Å²) in [7, 11) is 2.07. The van der Waals surface area contributed by atoms with Gasteiger partial charge in [0.2, 0.25) is 5.91 Å². The number of hydrogen-bond acceptors (Lipinski definition) is 8. The second-order valence-corrected chi connectivity index (χ2v) is 9.35. The lowest BCUT2D eigenvalue weighted by Crippen LogP contribution is -2.49. The van der Waals surface area contributed by atoms with E-state index >= 15 is 0 Å². The Morgan fingerprint density at radius 1 is 1.14 bits per heavy atom. The Morgan fingerprint density at radius 3 is 2.64 bits per heavy atom. The van der Waals surface area contributed by atoms with Gasteiger partial charge in [-0.25, -0.2) is 13.9 Å². The number of halogens is 1. The van der Waals surface area contributed by atoms with Crippen molar-refractivity contribution in [3.8, 4) is 5.75 Å². The number of aromatic nitrogens is 4. The summed E-state index contributed by atoms with van der Waals surface area (Å²) in [6.45, 7) is 3.39. The summed E-state index contributed by atoms with van der Waals surface area (Å²) in [6.07, 6.45) is 8.12. The van der Waals surface area contributed by atoms with Crippen LogP contribution in [0.15, 0.2) is 30.9 Å². The van der Waals surface area contributed by atoms with Gasteiger partial charge in [-0.3, -0.25) is 14.6 Å². The first-order valence-electron chi connectivity index (χ1n) is 12.1. The van der Waals surface area contributed by atoms with Crippen molar-refractivity contribution in [2.45, 2.75) is 31.8 Å². The fourth-order valence-corrected chi connectivity index (χ4v) is 4.80. The molecule has 11 nitrogen and oxygen atoms in total. The summed E-state index contributed by atoms with van der Waals surface area (Å²) in [5.41, 5.74) is 6.46. The van der Waals surface area contributed by atoms with Gasteiger partial charge in [0, 0.05) is 44.4 Å². The number of amides is 2. The van der Waals surface area contributed by atoms with E-state index in [1.54, 1.807) is 12.3 Å². The fourth-order valence-electron chi connectivity index (χ4n) is 4.80. The zero-order valence-electron chi connectivity index (χ0n) is 20.1. The number of anilines is 2. The molecular formula is C24H29FN8O3. The van der Waals surface area contributed by atoms with Crippen molar-refractivity contribution in [3.05, 3.63) is 42.2 Å². The average molecular weight is 497 g/mol. The van der Waals surface area contributed by atoms with Crippen molar-refractivity contribution in [2.24, 2.45) is 5.92 Å². The molecule has 1 aliphatic heterocycles. The van der Waals surface area contributed by atoms with Gasteiger partial charge in [-0.05, 0) is 32.7 Å². The minimum absolute atomic E-state index is 0.0285. The number of piperazine rings is 1. The zero-order chi connectivity index (χ0) is 25.2. The number of pyridine rings is 1. The molecular weight excluding hydrogens is 467 g/mol. The summed E-state index contributed by atoms with van der Waals surface area (Å²) in [5, 5.41) is 6.73. The number of nitrogens with one attached hydrogen (secondary N) is 1. The van der Waals surface area contributed by atoms with Gasteiger partial charge in [-0.1, -0.05) is 0 Å². The number of hydrogen-bond donors (Lipinski definition) is 2. The van der Waals surface area contributed by atoms with Crippen molar-refractivity contribution in [1.29, 1.82) is 0 Å². The number of nitrogens with zero attached hydrogens (tertiary/aromatic N) is 6. The Balaban J connectivity index is 1.22. The lowest BCUT2D eigenvalue weighted by Gasteiger charge is -2.36. The van der Waals surface area contributed by atoms with Crippen molar-refractivity contribution in [2.75, 3.05) is 44.3 Å². The van der Waals surface area contributed by atoms with Crippen LogP contribution in [0.3, 0.4) is 0 Å². The molecule has 0 spiro atoms. The van der Waals surface area contributed by atoms with E-state index in [1.807, 2.05) is 4.90 Å². The largest absolute Gasteiger partial charge is 0.488 e. The van der Waals surface area contributed by atoms with Crippen molar-refractivity contribution >= 4 is 29.0 Å². The topological polar surface area (TPSA) is 131 Å². The highest BCUT2D eigenvalue weighted by molar-refractivity contribution is 6.11. The van der Waals surface area contributed by atoms with Crippen LogP contribution in [0, 0.1) is 11.7 Å².